The highest BCUT2D eigenvalue weighted by atomic mass is 35.5. The van der Waals surface area contributed by atoms with Gasteiger partial charge in [-0.15, -0.1) is 0 Å². The second-order valence-electron chi connectivity index (χ2n) is 4.35. The van der Waals surface area contributed by atoms with Crippen molar-refractivity contribution >= 4 is 17.5 Å². The van der Waals surface area contributed by atoms with E-state index >= 15 is 0 Å². The minimum Gasteiger partial charge on any atom is -0.366 e. The molecule has 1 N–H and O–H groups in total. The van der Waals surface area contributed by atoms with Gasteiger partial charge in [-0.2, -0.15) is 0 Å². The van der Waals surface area contributed by atoms with E-state index in [1.807, 2.05) is 24.3 Å². The van der Waals surface area contributed by atoms with Crippen molar-refractivity contribution in [2.75, 3.05) is 26.7 Å². The molecule has 0 spiro atoms. The fourth-order valence-corrected chi connectivity index (χ4v) is 2.13. The van der Waals surface area contributed by atoms with Gasteiger partial charge in [0, 0.05) is 31.7 Å². The number of amides is 1. The smallest absolute Gasteiger partial charge is 0.253 e. The van der Waals surface area contributed by atoms with Crippen molar-refractivity contribution in [2.24, 2.45) is 0 Å². The largest absolute Gasteiger partial charge is 0.366 e. The first kappa shape index (κ1) is 13.3. The third-order valence-electron chi connectivity index (χ3n) is 2.94. The van der Waals surface area contributed by atoms with Crippen molar-refractivity contribution in [2.45, 2.75) is 12.6 Å². The van der Waals surface area contributed by atoms with Crippen molar-refractivity contribution in [3.63, 3.8) is 0 Å². The number of halogens is 1. The van der Waals surface area contributed by atoms with E-state index in [2.05, 4.69) is 5.32 Å². The fraction of sp³-hybridized carbons (Fsp3) is 0.462. The fourth-order valence-electron chi connectivity index (χ4n) is 1.93. The molecule has 0 aromatic heterocycles. The molecule has 1 aromatic rings. The number of carbonyl (C=O) groups excluding carboxylic acids is 1. The summed E-state index contributed by atoms with van der Waals surface area (Å²) in [6.45, 7) is 2.46. The predicted molar refractivity (Wildman–Crippen MR) is 70.5 cm³/mol. The van der Waals surface area contributed by atoms with Crippen molar-refractivity contribution in [1.29, 1.82) is 0 Å². The SMILES string of the molecule is CN(Cc1ccccc1Cl)C(=O)[C@H]1CNCCO1. The maximum Gasteiger partial charge on any atom is 0.253 e. The summed E-state index contributed by atoms with van der Waals surface area (Å²) < 4.78 is 5.44. The lowest BCUT2D eigenvalue weighted by atomic mass is 10.2. The van der Waals surface area contributed by atoms with Crippen molar-refractivity contribution in [3.8, 4) is 0 Å². The summed E-state index contributed by atoms with van der Waals surface area (Å²) in [4.78, 5) is 13.8. The Hall–Kier alpha value is -1.10. The van der Waals surface area contributed by atoms with Gasteiger partial charge in [0.15, 0.2) is 0 Å². The zero-order chi connectivity index (χ0) is 13.0. The summed E-state index contributed by atoms with van der Waals surface area (Å²) in [5.74, 6) is -0.0119. The highest BCUT2D eigenvalue weighted by molar-refractivity contribution is 6.31. The van der Waals surface area contributed by atoms with Crippen LogP contribution in [-0.4, -0.2) is 43.7 Å². The van der Waals surface area contributed by atoms with E-state index in [1.54, 1.807) is 11.9 Å². The standard InChI is InChI=1S/C13H17ClN2O2/c1-16(9-10-4-2-3-5-11(10)14)13(17)12-8-15-6-7-18-12/h2-5,12,15H,6-9H2,1H3/t12-/m1/s1. The summed E-state index contributed by atoms with van der Waals surface area (Å²) in [5, 5.41) is 3.83. The van der Waals surface area contributed by atoms with E-state index in [0.717, 1.165) is 12.1 Å². The minimum atomic E-state index is -0.383. The average Bonchev–Trinajstić information content (AvgIpc) is 2.41. The number of rotatable bonds is 3. The summed E-state index contributed by atoms with van der Waals surface area (Å²) in [7, 11) is 1.77. The predicted octanol–water partition coefficient (Wildman–Crippen LogP) is 1.29. The third-order valence-corrected chi connectivity index (χ3v) is 3.31. The highest BCUT2D eigenvalue weighted by Crippen LogP contribution is 2.17. The molecule has 1 atom stereocenters. The second kappa shape index (κ2) is 6.18. The van der Waals surface area contributed by atoms with Crippen LogP contribution in [0.2, 0.25) is 5.02 Å². The molecular weight excluding hydrogens is 252 g/mol. The quantitative estimate of drug-likeness (QED) is 0.898. The maximum absolute atomic E-state index is 12.1. The summed E-state index contributed by atoms with van der Waals surface area (Å²) in [6, 6.07) is 7.54. The van der Waals surface area contributed by atoms with Crippen LogP contribution in [0.1, 0.15) is 5.56 Å². The summed E-state index contributed by atoms with van der Waals surface area (Å²) >= 11 is 6.08. The van der Waals surface area contributed by atoms with E-state index in [9.17, 15) is 4.79 Å². The van der Waals surface area contributed by atoms with E-state index < -0.39 is 0 Å². The van der Waals surface area contributed by atoms with Crippen LogP contribution >= 0.6 is 11.6 Å². The Morgan fingerprint density at radius 1 is 1.56 bits per heavy atom. The molecular formula is C13H17ClN2O2. The Bertz CT molecular complexity index is 419. The average molecular weight is 269 g/mol. The lowest BCUT2D eigenvalue weighted by Gasteiger charge is -2.27. The van der Waals surface area contributed by atoms with Gasteiger partial charge >= 0.3 is 0 Å². The first-order valence-corrected chi connectivity index (χ1v) is 6.37. The first-order chi connectivity index (χ1) is 8.68. The highest BCUT2D eigenvalue weighted by Gasteiger charge is 2.25. The van der Waals surface area contributed by atoms with Gasteiger partial charge in [-0.3, -0.25) is 4.79 Å². The number of hydrogen-bond donors (Lipinski definition) is 1. The number of morpholine rings is 1. The van der Waals surface area contributed by atoms with Crippen LogP contribution in [0.4, 0.5) is 0 Å². The normalized spacial score (nSPS) is 19.6. The molecule has 2 rings (SSSR count). The number of carbonyl (C=O) groups is 1. The Morgan fingerprint density at radius 2 is 2.33 bits per heavy atom. The molecule has 5 heteroatoms. The van der Waals surface area contributed by atoms with Crippen molar-refractivity contribution in [3.05, 3.63) is 34.9 Å². The van der Waals surface area contributed by atoms with Gasteiger partial charge in [-0.1, -0.05) is 29.8 Å². The molecule has 1 heterocycles. The van der Waals surface area contributed by atoms with Crippen molar-refractivity contribution < 1.29 is 9.53 Å². The molecule has 0 aliphatic carbocycles. The van der Waals surface area contributed by atoms with E-state index in [4.69, 9.17) is 16.3 Å². The molecule has 1 aliphatic heterocycles. The summed E-state index contributed by atoms with van der Waals surface area (Å²) in [6.07, 6.45) is -0.383. The number of ether oxygens (including phenoxy) is 1. The van der Waals surface area contributed by atoms with Crippen LogP contribution in [0.5, 0.6) is 0 Å². The summed E-state index contributed by atoms with van der Waals surface area (Å²) in [5.41, 5.74) is 0.943. The molecule has 0 bridgehead atoms. The lowest BCUT2D eigenvalue weighted by molar-refractivity contribution is -0.144. The topological polar surface area (TPSA) is 41.6 Å². The Morgan fingerprint density at radius 3 is 3.00 bits per heavy atom. The van der Waals surface area contributed by atoms with E-state index in [-0.39, 0.29) is 12.0 Å². The first-order valence-electron chi connectivity index (χ1n) is 5.99. The molecule has 1 aliphatic rings. The number of benzene rings is 1. The molecule has 0 unspecified atom stereocenters. The molecule has 1 fully saturated rings. The van der Waals surface area contributed by atoms with Gasteiger partial charge in [0.1, 0.15) is 6.10 Å². The van der Waals surface area contributed by atoms with E-state index in [0.29, 0.717) is 24.7 Å². The van der Waals surface area contributed by atoms with Crippen LogP contribution in [0.3, 0.4) is 0 Å². The minimum absolute atomic E-state index is 0.0119. The molecule has 1 aromatic carbocycles. The molecule has 4 nitrogen and oxygen atoms in total. The van der Waals surface area contributed by atoms with Crippen LogP contribution in [0.15, 0.2) is 24.3 Å². The van der Waals surface area contributed by atoms with Crippen LogP contribution in [-0.2, 0) is 16.1 Å². The zero-order valence-electron chi connectivity index (χ0n) is 10.4. The molecule has 0 radical (unpaired) electrons. The van der Waals surface area contributed by atoms with Crippen LogP contribution in [0, 0.1) is 0 Å². The third kappa shape index (κ3) is 3.22. The Kier molecular flexibility index (Phi) is 4.58. The number of nitrogens with one attached hydrogen (secondary N) is 1. The van der Waals surface area contributed by atoms with Crippen molar-refractivity contribution in [1.82, 2.24) is 10.2 Å². The molecule has 1 saturated heterocycles. The van der Waals surface area contributed by atoms with Gasteiger partial charge < -0.3 is 15.0 Å². The van der Waals surface area contributed by atoms with Gasteiger partial charge in [0.2, 0.25) is 0 Å². The lowest BCUT2D eigenvalue weighted by Crippen LogP contribution is -2.48. The van der Waals surface area contributed by atoms with Crippen LogP contribution < -0.4 is 5.32 Å². The second-order valence-corrected chi connectivity index (χ2v) is 4.76. The molecule has 18 heavy (non-hydrogen) atoms. The Labute approximate surface area is 112 Å². The number of hydrogen-bond acceptors (Lipinski definition) is 3. The Balaban J connectivity index is 1.96. The molecule has 1 amide bonds. The number of nitrogens with zero attached hydrogens (tertiary/aromatic N) is 1. The van der Waals surface area contributed by atoms with Crippen LogP contribution in [0.25, 0.3) is 0 Å². The maximum atomic E-state index is 12.1. The molecule has 98 valence electrons. The van der Waals surface area contributed by atoms with Gasteiger partial charge in [-0.25, -0.2) is 0 Å². The number of likely N-dealkylation sites (N-methyl/N-ethyl adjacent to an activating group) is 1. The monoisotopic (exact) mass is 268 g/mol. The zero-order valence-corrected chi connectivity index (χ0v) is 11.1. The van der Waals surface area contributed by atoms with Gasteiger partial charge in [0.05, 0.1) is 6.61 Å². The van der Waals surface area contributed by atoms with Gasteiger partial charge in [-0.05, 0) is 11.6 Å². The molecule has 0 saturated carbocycles. The van der Waals surface area contributed by atoms with Gasteiger partial charge in [0.25, 0.3) is 5.91 Å². The van der Waals surface area contributed by atoms with E-state index in [1.165, 1.54) is 0 Å².